The third-order valence-electron chi connectivity index (χ3n) is 6.55. The largest absolute Gasteiger partial charge is 0.446 e. The molecule has 2 aliphatic carbocycles. The highest BCUT2D eigenvalue weighted by Crippen LogP contribution is 2.36. The molecule has 0 aromatic rings. The first-order chi connectivity index (χ1) is 11.3. The minimum atomic E-state index is -0.176. The molecule has 2 fully saturated rings. The molecular formula is C21H39NO2. The lowest BCUT2D eigenvalue weighted by Gasteiger charge is -2.39. The minimum Gasteiger partial charge on any atom is -0.446 e. The van der Waals surface area contributed by atoms with Gasteiger partial charge in [0, 0.05) is 6.04 Å². The van der Waals surface area contributed by atoms with Crippen LogP contribution in [-0.4, -0.2) is 18.2 Å². The molecule has 0 aromatic heterocycles. The highest BCUT2D eigenvalue weighted by atomic mass is 16.6. The molecule has 6 unspecified atom stereocenters. The Morgan fingerprint density at radius 2 is 1.42 bits per heavy atom. The number of rotatable bonds is 4. The quantitative estimate of drug-likeness (QED) is 0.721. The maximum Gasteiger partial charge on any atom is 0.407 e. The van der Waals surface area contributed by atoms with Gasteiger partial charge in [-0.05, 0) is 61.2 Å². The first-order valence-electron chi connectivity index (χ1n) is 10.2. The number of alkyl carbamates (subject to hydrolysis) is 1. The molecule has 24 heavy (non-hydrogen) atoms. The molecule has 2 saturated carbocycles. The summed E-state index contributed by atoms with van der Waals surface area (Å²) in [5, 5.41) is 3.24. The van der Waals surface area contributed by atoms with E-state index in [9.17, 15) is 4.79 Å². The first-order valence-corrected chi connectivity index (χ1v) is 10.2. The lowest BCUT2D eigenvalue weighted by atomic mass is 9.74. The summed E-state index contributed by atoms with van der Waals surface area (Å²) >= 11 is 0. The number of nitrogens with one attached hydrogen (secondary N) is 1. The minimum absolute atomic E-state index is 0.0901. The van der Waals surface area contributed by atoms with Crippen LogP contribution in [0.5, 0.6) is 0 Å². The Balaban J connectivity index is 1.94. The fourth-order valence-corrected chi connectivity index (χ4v) is 4.94. The zero-order chi connectivity index (χ0) is 17.9. The average Bonchev–Trinajstić information content (AvgIpc) is 2.46. The Bertz CT molecular complexity index is 371. The lowest BCUT2D eigenvalue weighted by molar-refractivity contribution is 0.00214. The normalized spacial score (nSPS) is 37.5. The molecular weight excluding hydrogens is 298 g/mol. The number of hydrogen-bond donors (Lipinski definition) is 1. The molecule has 1 N–H and O–H groups in total. The molecule has 0 bridgehead atoms. The van der Waals surface area contributed by atoms with Crippen molar-refractivity contribution in [3.8, 4) is 0 Å². The summed E-state index contributed by atoms with van der Waals surface area (Å²) in [4.78, 5) is 12.6. The highest BCUT2D eigenvalue weighted by Gasteiger charge is 2.36. The SMILES string of the molecule is CC1CCC(C(C)C)C(NC(=O)OC2CC(C)CCC2C(C)C)C1. The topological polar surface area (TPSA) is 38.3 Å². The van der Waals surface area contributed by atoms with Crippen LogP contribution < -0.4 is 5.32 Å². The zero-order valence-corrected chi connectivity index (χ0v) is 16.7. The fraction of sp³-hybridized carbons (Fsp3) is 0.952. The van der Waals surface area contributed by atoms with Crippen LogP contribution in [0.4, 0.5) is 4.79 Å². The molecule has 0 aliphatic heterocycles. The molecule has 0 heterocycles. The zero-order valence-electron chi connectivity index (χ0n) is 16.7. The molecule has 0 radical (unpaired) electrons. The van der Waals surface area contributed by atoms with Crippen molar-refractivity contribution in [2.24, 2.45) is 35.5 Å². The molecule has 0 saturated heterocycles. The van der Waals surface area contributed by atoms with Crippen molar-refractivity contribution < 1.29 is 9.53 Å². The monoisotopic (exact) mass is 337 g/mol. The van der Waals surface area contributed by atoms with Crippen molar-refractivity contribution in [2.45, 2.75) is 92.2 Å². The average molecular weight is 338 g/mol. The summed E-state index contributed by atoms with van der Waals surface area (Å²) in [6.45, 7) is 13.6. The molecule has 3 heteroatoms. The molecule has 140 valence electrons. The second-order valence-corrected chi connectivity index (χ2v) is 9.35. The molecule has 2 rings (SSSR count). The van der Waals surface area contributed by atoms with Crippen molar-refractivity contribution in [3.05, 3.63) is 0 Å². The molecule has 0 spiro atoms. The smallest absolute Gasteiger partial charge is 0.407 e. The van der Waals surface area contributed by atoms with Crippen molar-refractivity contribution in [3.63, 3.8) is 0 Å². The predicted molar refractivity (Wildman–Crippen MR) is 99.9 cm³/mol. The van der Waals surface area contributed by atoms with E-state index >= 15 is 0 Å². The molecule has 3 nitrogen and oxygen atoms in total. The molecule has 1 amide bonds. The first kappa shape index (κ1) is 19.6. The lowest BCUT2D eigenvalue weighted by Crippen LogP contribution is -2.47. The Morgan fingerprint density at radius 1 is 0.875 bits per heavy atom. The van der Waals surface area contributed by atoms with E-state index in [1.54, 1.807) is 0 Å². The van der Waals surface area contributed by atoms with E-state index in [0.29, 0.717) is 35.5 Å². The van der Waals surface area contributed by atoms with Gasteiger partial charge < -0.3 is 10.1 Å². The third kappa shape index (κ3) is 5.13. The van der Waals surface area contributed by atoms with Crippen LogP contribution in [0, 0.1) is 35.5 Å². The van der Waals surface area contributed by atoms with E-state index in [-0.39, 0.29) is 18.2 Å². The van der Waals surface area contributed by atoms with Crippen LogP contribution in [-0.2, 0) is 4.74 Å². The Morgan fingerprint density at radius 3 is 2.00 bits per heavy atom. The maximum absolute atomic E-state index is 12.6. The van der Waals surface area contributed by atoms with Gasteiger partial charge in [0.2, 0.25) is 0 Å². The van der Waals surface area contributed by atoms with E-state index < -0.39 is 0 Å². The Kier molecular flexibility index (Phi) is 7.00. The summed E-state index contributed by atoms with van der Waals surface area (Å²) in [5.74, 6) is 3.65. The Labute approximate surface area is 149 Å². The van der Waals surface area contributed by atoms with Crippen LogP contribution in [0.2, 0.25) is 0 Å². The van der Waals surface area contributed by atoms with Gasteiger partial charge in [0.1, 0.15) is 6.10 Å². The van der Waals surface area contributed by atoms with E-state index in [1.165, 1.54) is 25.7 Å². The summed E-state index contributed by atoms with van der Waals surface area (Å²) < 4.78 is 5.95. The van der Waals surface area contributed by atoms with Crippen molar-refractivity contribution in [1.82, 2.24) is 5.32 Å². The second-order valence-electron chi connectivity index (χ2n) is 9.35. The summed E-state index contributed by atoms with van der Waals surface area (Å²) in [6, 6.07) is 0.278. The van der Waals surface area contributed by atoms with E-state index in [4.69, 9.17) is 4.74 Å². The fourth-order valence-electron chi connectivity index (χ4n) is 4.94. The van der Waals surface area contributed by atoms with Gasteiger partial charge in [-0.1, -0.05) is 54.4 Å². The van der Waals surface area contributed by atoms with Crippen molar-refractivity contribution in [1.29, 1.82) is 0 Å². The van der Waals surface area contributed by atoms with E-state index in [1.807, 2.05) is 0 Å². The van der Waals surface area contributed by atoms with Gasteiger partial charge in [-0.15, -0.1) is 0 Å². The third-order valence-corrected chi connectivity index (χ3v) is 6.55. The molecule has 0 aromatic carbocycles. The van der Waals surface area contributed by atoms with Crippen LogP contribution in [0.25, 0.3) is 0 Å². The number of carbonyl (C=O) groups is 1. The predicted octanol–water partition coefficient (Wildman–Crippen LogP) is 5.63. The molecule has 6 atom stereocenters. The standard InChI is InChI=1S/C21H39NO2/c1-13(2)17-9-7-15(5)11-19(17)22-21(23)24-20-12-16(6)8-10-18(20)14(3)4/h13-20H,7-12H2,1-6H3,(H,22,23). The van der Waals surface area contributed by atoms with Crippen LogP contribution in [0.3, 0.4) is 0 Å². The van der Waals surface area contributed by atoms with Gasteiger partial charge >= 0.3 is 6.09 Å². The summed E-state index contributed by atoms with van der Waals surface area (Å²) in [5.41, 5.74) is 0. The van der Waals surface area contributed by atoms with Crippen LogP contribution in [0.1, 0.15) is 80.1 Å². The van der Waals surface area contributed by atoms with Gasteiger partial charge in [-0.2, -0.15) is 0 Å². The van der Waals surface area contributed by atoms with Gasteiger partial charge in [-0.25, -0.2) is 4.79 Å². The van der Waals surface area contributed by atoms with Crippen LogP contribution >= 0.6 is 0 Å². The van der Waals surface area contributed by atoms with Gasteiger partial charge in [-0.3, -0.25) is 0 Å². The van der Waals surface area contributed by atoms with Crippen molar-refractivity contribution in [2.75, 3.05) is 0 Å². The van der Waals surface area contributed by atoms with Gasteiger partial charge in [0.05, 0.1) is 0 Å². The van der Waals surface area contributed by atoms with Gasteiger partial charge in [0.15, 0.2) is 0 Å². The second kappa shape index (κ2) is 8.58. The molecule has 2 aliphatic rings. The maximum atomic E-state index is 12.6. The number of carbonyl (C=O) groups excluding carboxylic acids is 1. The summed E-state index contributed by atoms with van der Waals surface area (Å²) in [7, 11) is 0. The van der Waals surface area contributed by atoms with Crippen molar-refractivity contribution >= 4 is 6.09 Å². The number of ether oxygens (including phenoxy) is 1. The van der Waals surface area contributed by atoms with Gasteiger partial charge in [0.25, 0.3) is 0 Å². The van der Waals surface area contributed by atoms with Crippen LogP contribution in [0.15, 0.2) is 0 Å². The Hall–Kier alpha value is -0.730. The van der Waals surface area contributed by atoms with E-state index in [2.05, 4.69) is 46.9 Å². The number of amides is 1. The van der Waals surface area contributed by atoms with E-state index in [0.717, 1.165) is 12.8 Å². The summed E-state index contributed by atoms with van der Waals surface area (Å²) in [6.07, 6.45) is 6.98. The highest BCUT2D eigenvalue weighted by molar-refractivity contribution is 5.68. The number of hydrogen-bond acceptors (Lipinski definition) is 2.